The van der Waals surface area contributed by atoms with Crippen LogP contribution in [0.5, 0.6) is 0 Å². The molecule has 0 unspecified atom stereocenters. The lowest BCUT2D eigenvalue weighted by molar-refractivity contribution is -0.126. The maximum absolute atomic E-state index is 11.5. The summed E-state index contributed by atoms with van der Waals surface area (Å²) in [6, 6.07) is 7.93. The van der Waals surface area contributed by atoms with E-state index in [1.165, 1.54) is 30.0 Å². The summed E-state index contributed by atoms with van der Waals surface area (Å²) in [5.41, 5.74) is 6.61. The van der Waals surface area contributed by atoms with Crippen LogP contribution in [-0.2, 0) is 9.59 Å². The first-order chi connectivity index (χ1) is 10.5. The zero-order chi connectivity index (χ0) is 15.9. The quantitative estimate of drug-likeness (QED) is 0.569. The van der Waals surface area contributed by atoms with E-state index >= 15 is 0 Å². The van der Waals surface area contributed by atoms with Gasteiger partial charge >= 0.3 is 0 Å². The van der Waals surface area contributed by atoms with Crippen LogP contribution in [0.2, 0.25) is 0 Å². The van der Waals surface area contributed by atoms with Crippen LogP contribution in [0.25, 0.3) is 0 Å². The molecule has 3 N–H and O–H groups in total. The van der Waals surface area contributed by atoms with E-state index in [1.54, 1.807) is 0 Å². The Labute approximate surface area is 135 Å². The molecule has 0 fully saturated rings. The molecule has 2 amide bonds. The average molecular weight is 337 g/mol. The van der Waals surface area contributed by atoms with E-state index in [0.29, 0.717) is 9.47 Å². The molecule has 0 aliphatic carbocycles. The lowest BCUT2D eigenvalue weighted by Gasteiger charge is -2.03. The van der Waals surface area contributed by atoms with Crippen LogP contribution in [0.15, 0.2) is 28.6 Å². The van der Waals surface area contributed by atoms with Crippen molar-refractivity contribution in [2.75, 3.05) is 11.1 Å². The fourth-order valence-corrected chi connectivity index (χ4v) is 3.06. The summed E-state index contributed by atoms with van der Waals surface area (Å²) >= 11 is 2.62. The van der Waals surface area contributed by atoms with Gasteiger partial charge < -0.3 is 5.32 Å². The lowest BCUT2D eigenvalue weighted by Crippen LogP contribution is -2.41. The number of thioether (sulfide) groups is 1. The molecule has 9 heteroatoms. The van der Waals surface area contributed by atoms with Gasteiger partial charge in [0.05, 0.1) is 5.75 Å². The summed E-state index contributed by atoms with van der Waals surface area (Å²) in [5.74, 6) is -0.471. The SMILES string of the molecule is CC(=O)NNC(=O)CSc1nnc(Nc2cccc(C)c2)s1. The summed E-state index contributed by atoms with van der Waals surface area (Å²) in [7, 11) is 0. The van der Waals surface area contributed by atoms with Gasteiger partial charge in [-0.15, -0.1) is 10.2 Å². The highest BCUT2D eigenvalue weighted by Crippen LogP contribution is 2.27. The number of nitrogens with zero attached hydrogens (tertiary/aromatic N) is 2. The first-order valence-corrected chi connectivity index (χ1v) is 8.18. The highest BCUT2D eigenvalue weighted by Gasteiger charge is 2.08. The fraction of sp³-hybridized carbons (Fsp3) is 0.231. The topological polar surface area (TPSA) is 96.0 Å². The third-order valence-corrected chi connectivity index (χ3v) is 4.35. The van der Waals surface area contributed by atoms with Crippen molar-refractivity contribution in [2.24, 2.45) is 0 Å². The Morgan fingerprint density at radius 2 is 2.09 bits per heavy atom. The molecule has 7 nitrogen and oxygen atoms in total. The van der Waals surface area contributed by atoms with Gasteiger partial charge in [0, 0.05) is 12.6 Å². The Morgan fingerprint density at radius 1 is 1.27 bits per heavy atom. The summed E-state index contributed by atoms with van der Waals surface area (Å²) < 4.78 is 0.674. The fourth-order valence-electron chi connectivity index (χ4n) is 1.49. The van der Waals surface area contributed by atoms with Crippen molar-refractivity contribution in [1.82, 2.24) is 21.0 Å². The lowest BCUT2D eigenvalue weighted by atomic mass is 10.2. The smallest absolute Gasteiger partial charge is 0.248 e. The van der Waals surface area contributed by atoms with Crippen LogP contribution in [0, 0.1) is 6.92 Å². The Bertz CT molecular complexity index is 674. The van der Waals surface area contributed by atoms with Crippen molar-refractivity contribution < 1.29 is 9.59 Å². The van der Waals surface area contributed by atoms with E-state index in [-0.39, 0.29) is 17.6 Å². The van der Waals surface area contributed by atoms with Gasteiger partial charge in [-0.3, -0.25) is 20.4 Å². The van der Waals surface area contributed by atoms with Gasteiger partial charge in [0.25, 0.3) is 0 Å². The summed E-state index contributed by atoms with van der Waals surface area (Å²) in [4.78, 5) is 22.1. The predicted octanol–water partition coefficient (Wildman–Crippen LogP) is 1.85. The van der Waals surface area contributed by atoms with E-state index < -0.39 is 0 Å². The molecule has 0 radical (unpaired) electrons. The summed E-state index contributed by atoms with van der Waals surface area (Å²) in [6.45, 7) is 3.33. The normalized spacial score (nSPS) is 10.1. The number of nitrogens with one attached hydrogen (secondary N) is 3. The molecule has 116 valence electrons. The first kappa shape index (κ1) is 16.2. The van der Waals surface area contributed by atoms with Crippen LogP contribution < -0.4 is 16.2 Å². The molecular weight excluding hydrogens is 322 g/mol. The number of carbonyl (C=O) groups is 2. The van der Waals surface area contributed by atoms with Crippen LogP contribution in [-0.4, -0.2) is 27.8 Å². The van der Waals surface area contributed by atoms with Gasteiger partial charge in [-0.25, -0.2) is 0 Å². The number of hydrazine groups is 1. The minimum atomic E-state index is -0.320. The zero-order valence-electron chi connectivity index (χ0n) is 12.0. The van der Waals surface area contributed by atoms with Crippen molar-refractivity contribution in [2.45, 2.75) is 18.2 Å². The third-order valence-electron chi connectivity index (χ3n) is 2.38. The molecule has 0 spiro atoms. The van der Waals surface area contributed by atoms with Crippen LogP contribution in [0.1, 0.15) is 12.5 Å². The van der Waals surface area contributed by atoms with E-state index in [0.717, 1.165) is 11.3 Å². The molecule has 0 saturated carbocycles. The molecule has 1 aromatic carbocycles. The highest BCUT2D eigenvalue weighted by molar-refractivity contribution is 8.01. The molecule has 0 atom stereocenters. The van der Waals surface area contributed by atoms with E-state index in [2.05, 4.69) is 26.4 Å². The number of aryl methyl sites for hydroxylation is 1. The molecule has 1 heterocycles. The molecular formula is C13H15N5O2S2. The summed E-state index contributed by atoms with van der Waals surface area (Å²) in [6.07, 6.45) is 0. The number of carbonyl (C=O) groups excluding carboxylic acids is 2. The molecule has 1 aromatic heterocycles. The third kappa shape index (κ3) is 5.34. The minimum Gasteiger partial charge on any atom is -0.330 e. The number of rotatable bonds is 5. The second-order valence-electron chi connectivity index (χ2n) is 4.39. The second-order valence-corrected chi connectivity index (χ2v) is 6.59. The standard InChI is InChI=1S/C13H15N5O2S2/c1-8-4-3-5-10(6-8)14-12-17-18-13(22-12)21-7-11(20)16-15-9(2)19/h3-6H,7H2,1-2H3,(H,14,17)(H,15,19)(H,16,20). The number of anilines is 2. The number of amides is 2. The molecule has 0 aliphatic heterocycles. The van der Waals surface area contributed by atoms with Gasteiger partial charge in [0.2, 0.25) is 16.9 Å². The molecule has 0 saturated heterocycles. The Balaban J connectivity index is 1.84. The molecule has 2 rings (SSSR count). The Kier molecular flexibility index (Phi) is 5.73. The summed E-state index contributed by atoms with van der Waals surface area (Å²) in [5, 5.41) is 11.9. The Morgan fingerprint density at radius 3 is 2.82 bits per heavy atom. The van der Waals surface area contributed by atoms with Crippen LogP contribution >= 0.6 is 23.1 Å². The number of aromatic nitrogens is 2. The number of benzene rings is 1. The van der Waals surface area contributed by atoms with Crippen molar-refractivity contribution in [3.05, 3.63) is 29.8 Å². The van der Waals surface area contributed by atoms with Crippen molar-refractivity contribution in [3.63, 3.8) is 0 Å². The molecule has 0 bridgehead atoms. The average Bonchev–Trinajstić information content (AvgIpc) is 2.90. The predicted molar refractivity (Wildman–Crippen MR) is 87.1 cm³/mol. The molecule has 22 heavy (non-hydrogen) atoms. The minimum absolute atomic E-state index is 0.152. The van der Waals surface area contributed by atoms with Gasteiger partial charge in [-0.1, -0.05) is 35.2 Å². The maximum Gasteiger partial charge on any atom is 0.248 e. The van der Waals surface area contributed by atoms with Crippen LogP contribution in [0.3, 0.4) is 0 Å². The maximum atomic E-state index is 11.5. The van der Waals surface area contributed by atoms with Crippen molar-refractivity contribution in [1.29, 1.82) is 0 Å². The molecule has 2 aromatic rings. The monoisotopic (exact) mass is 337 g/mol. The largest absolute Gasteiger partial charge is 0.330 e. The van der Waals surface area contributed by atoms with Crippen molar-refractivity contribution >= 4 is 45.7 Å². The number of hydrogen-bond acceptors (Lipinski definition) is 7. The van der Waals surface area contributed by atoms with Gasteiger partial charge in [0.1, 0.15) is 0 Å². The van der Waals surface area contributed by atoms with E-state index in [1.807, 2.05) is 31.2 Å². The van der Waals surface area contributed by atoms with Crippen molar-refractivity contribution in [3.8, 4) is 0 Å². The zero-order valence-corrected chi connectivity index (χ0v) is 13.7. The first-order valence-electron chi connectivity index (χ1n) is 6.38. The van der Waals surface area contributed by atoms with Crippen LogP contribution in [0.4, 0.5) is 10.8 Å². The Hall–Kier alpha value is -2.13. The van der Waals surface area contributed by atoms with Gasteiger partial charge in [-0.05, 0) is 24.6 Å². The van der Waals surface area contributed by atoms with E-state index in [4.69, 9.17) is 0 Å². The van der Waals surface area contributed by atoms with Gasteiger partial charge in [-0.2, -0.15) is 0 Å². The van der Waals surface area contributed by atoms with Gasteiger partial charge in [0.15, 0.2) is 4.34 Å². The number of hydrogen-bond donors (Lipinski definition) is 3. The van der Waals surface area contributed by atoms with E-state index in [9.17, 15) is 9.59 Å². The highest BCUT2D eigenvalue weighted by atomic mass is 32.2. The second kappa shape index (κ2) is 7.76. The molecule has 0 aliphatic rings.